The van der Waals surface area contributed by atoms with Gasteiger partial charge < -0.3 is 0 Å². The molecule has 0 aromatic rings. The van der Waals surface area contributed by atoms with Gasteiger partial charge in [-0.25, -0.2) is 11.4 Å². The fourth-order valence-corrected chi connectivity index (χ4v) is 1.99. The first-order valence-electron chi connectivity index (χ1n) is 4.14. The highest BCUT2D eigenvalue weighted by molar-refractivity contribution is 5.89. The van der Waals surface area contributed by atoms with Gasteiger partial charge in [-0.3, -0.25) is 4.90 Å². The van der Waals surface area contributed by atoms with Crippen molar-refractivity contribution in [2.75, 3.05) is 19.6 Å². The van der Waals surface area contributed by atoms with Gasteiger partial charge in [0.15, 0.2) is 0 Å². The van der Waals surface area contributed by atoms with Crippen molar-refractivity contribution in [3.05, 3.63) is 0 Å². The van der Waals surface area contributed by atoms with Crippen molar-refractivity contribution in [2.24, 2.45) is 16.9 Å². The zero-order valence-corrected chi connectivity index (χ0v) is 6.58. The zero-order valence-electron chi connectivity index (χ0n) is 6.58. The van der Waals surface area contributed by atoms with E-state index in [1.54, 1.807) is 0 Å². The number of piperidine rings is 3. The fraction of sp³-hybridized carbons (Fsp3) is 0.857. The van der Waals surface area contributed by atoms with Crippen molar-refractivity contribution >= 4 is 5.71 Å². The van der Waals surface area contributed by atoms with E-state index in [1.165, 1.54) is 31.6 Å². The van der Waals surface area contributed by atoms with E-state index in [0.717, 1.165) is 6.54 Å². The van der Waals surface area contributed by atoms with Crippen LogP contribution in [-0.4, -0.2) is 30.2 Å². The van der Waals surface area contributed by atoms with Crippen LogP contribution in [0.5, 0.6) is 0 Å². The van der Waals surface area contributed by atoms with Gasteiger partial charge in [0.25, 0.3) is 0 Å². The summed E-state index contributed by atoms with van der Waals surface area (Å²) >= 11 is 0. The quantitative estimate of drug-likeness (QED) is 0.396. The minimum absolute atomic E-state index is 0.705. The van der Waals surface area contributed by atoms with Crippen molar-refractivity contribution < 1.29 is 0 Å². The molecule has 0 aliphatic carbocycles. The van der Waals surface area contributed by atoms with Crippen LogP contribution < -0.4 is 11.4 Å². The Kier molecular flexibility index (Phi) is 1.79. The Balaban J connectivity index is 2.08. The molecule has 3 rings (SSSR count). The number of hydrogen-bond acceptors (Lipinski definition) is 4. The molecular formula is C7H14N4. The largest absolute Gasteiger partial charge is 0.298 e. The Morgan fingerprint density at radius 1 is 1.45 bits per heavy atom. The van der Waals surface area contributed by atoms with Crippen molar-refractivity contribution in [1.29, 1.82) is 0 Å². The molecule has 11 heavy (non-hydrogen) atoms. The number of hydrazine groups is 1. The Labute approximate surface area is 66.4 Å². The molecule has 3 aliphatic rings. The first-order valence-corrected chi connectivity index (χ1v) is 4.14. The molecule has 3 aliphatic heterocycles. The maximum absolute atomic E-state index is 5.14. The third kappa shape index (κ3) is 1.23. The Morgan fingerprint density at radius 2 is 2.18 bits per heavy atom. The van der Waals surface area contributed by atoms with Gasteiger partial charge in [0.05, 0.1) is 5.71 Å². The van der Waals surface area contributed by atoms with Crippen LogP contribution in [0.25, 0.3) is 0 Å². The average Bonchev–Trinajstić information content (AvgIpc) is 2.07. The van der Waals surface area contributed by atoms with Crippen LogP contribution in [0.3, 0.4) is 0 Å². The Bertz CT molecular complexity index is 169. The van der Waals surface area contributed by atoms with E-state index in [0.29, 0.717) is 5.92 Å². The topological polar surface area (TPSA) is 53.6 Å². The molecule has 0 atom stereocenters. The fourth-order valence-electron chi connectivity index (χ4n) is 1.99. The highest BCUT2D eigenvalue weighted by Crippen LogP contribution is 2.24. The van der Waals surface area contributed by atoms with Gasteiger partial charge in [-0.05, 0) is 25.9 Å². The van der Waals surface area contributed by atoms with Crippen LogP contribution in [-0.2, 0) is 0 Å². The van der Waals surface area contributed by atoms with Gasteiger partial charge in [-0.2, -0.15) is 5.10 Å². The summed E-state index contributed by atoms with van der Waals surface area (Å²) in [6.07, 6.45) is 2.53. The second-order valence-electron chi connectivity index (χ2n) is 3.28. The van der Waals surface area contributed by atoms with E-state index < -0.39 is 0 Å². The zero-order chi connectivity index (χ0) is 7.68. The number of rotatable bonds is 1. The lowest BCUT2D eigenvalue weighted by Gasteiger charge is -2.39. The van der Waals surface area contributed by atoms with E-state index in [2.05, 4.69) is 15.5 Å². The molecule has 3 N–H and O–H groups in total. The van der Waals surface area contributed by atoms with Crippen LogP contribution in [0.1, 0.15) is 12.8 Å². The van der Waals surface area contributed by atoms with E-state index in [9.17, 15) is 0 Å². The molecule has 3 heterocycles. The summed E-state index contributed by atoms with van der Waals surface area (Å²) in [5.74, 6) is 5.84. The molecule has 0 aromatic carbocycles. The van der Waals surface area contributed by atoms with E-state index in [1.807, 2.05) is 0 Å². The normalized spacial score (nSPS) is 39.5. The van der Waals surface area contributed by atoms with Gasteiger partial charge in [0.2, 0.25) is 0 Å². The smallest absolute Gasteiger partial charge is 0.0565 e. The van der Waals surface area contributed by atoms with Crippen molar-refractivity contribution in [3.8, 4) is 0 Å². The van der Waals surface area contributed by atoms with Crippen LogP contribution in [0, 0.1) is 5.92 Å². The number of nitrogens with zero attached hydrogens (tertiary/aromatic N) is 2. The highest BCUT2D eigenvalue weighted by Gasteiger charge is 2.30. The Morgan fingerprint density at radius 3 is 2.64 bits per heavy atom. The first-order chi connectivity index (χ1) is 5.40. The predicted octanol–water partition coefficient (Wildman–Crippen LogP) is -0.469. The van der Waals surface area contributed by atoms with Crippen LogP contribution >= 0.6 is 0 Å². The van der Waals surface area contributed by atoms with E-state index in [4.69, 9.17) is 5.84 Å². The lowest BCUT2D eigenvalue weighted by atomic mass is 9.87. The third-order valence-corrected chi connectivity index (χ3v) is 2.65. The summed E-state index contributed by atoms with van der Waals surface area (Å²) < 4.78 is 0. The van der Waals surface area contributed by atoms with Gasteiger partial charge in [0.1, 0.15) is 0 Å². The van der Waals surface area contributed by atoms with Crippen LogP contribution in [0.2, 0.25) is 0 Å². The predicted molar refractivity (Wildman–Crippen MR) is 43.9 cm³/mol. The second-order valence-corrected chi connectivity index (χ2v) is 3.28. The van der Waals surface area contributed by atoms with Crippen LogP contribution in [0.15, 0.2) is 5.10 Å². The van der Waals surface area contributed by atoms with Crippen LogP contribution in [0.4, 0.5) is 0 Å². The highest BCUT2D eigenvalue weighted by atomic mass is 15.5. The molecule has 0 spiro atoms. The summed E-state index contributed by atoms with van der Waals surface area (Å²) in [5, 5.41) is 4.07. The minimum atomic E-state index is 0.705. The molecule has 3 saturated heterocycles. The van der Waals surface area contributed by atoms with E-state index >= 15 is 0 Å². The standard InChI is InChI=1S/C7H14N4/c8-10-9-7-5-11-3-1-6(7)2-4-11/h6,10H,1-5,8H2/b9-7+. The Hall–Kier alpha value is -0.610. The molecule has 2 bridgehead atoms. The average molecular weight is 154 g/mol. The molecule has 0 saturated carbocycles. The maximum atomic E-state index is 5.14. The molecule has 0 aromatic heterocycles. The minimum Gasteiger partial charge on any atom is -0.298 e. The summed E-state index contributed by atoms with van der Waals surface area (Å²) in [6.45, 7) is 3.51. The first kappa shape index (κ1) is 7.06. The summed E-state index contributed by atoms with van der Waals surface area (Å²) in [4.78, 5) is 2.43. The molecule has 0 radical (unpaired) electrons. The summed E-state index contributed by atoms with van der Waals surface area (Å²) in [5.41, 5.74) is 3.62. The van der Waals surface area contributed by atoms with Gasteiger partial charge in [-0.1, -0.05) is 0 Å². The van der Waals surface area contributed by atoms with Gasteiger partial charge >= 0.3 is 0 Å². The van der Waals surface area contributed by atoms with Gasteiger partial charge in [0, 0.05) is 12.5 Å². The summed E-state index contributed by atoms with van der Waals surface area (Å²) in [7, 11) is 0. The second kappa shape index (κ2) is 2.79. The number of nitrogens with two attached hydrogens (primary N) is 1. The van der Waals surface area contributed by atoms with Crippen molar-refractivity contribution in [1.82, 2.24) is 10.4 Å². The number of hydrogen-bond donors (Lipinski definition) is 2. The molecule has 0 unspecified atom stereocenters. The number of fused-ring (bicyclic) bond motifs is 3. The summed E-state index contributed by atoms with van der Waals surface area (Å²) in [6, 6.07) is 0. The van der Waals surface area contributed by atoms with Crippen molar-refractivity contribution in [2.45, 2.75) is 12.8 Å². The molecule has 62 valence electrons. The van der Waals surface area contributed by atoms with Crippen molar-refractivity contribution in [3.63, 3.8) is 0 Å². The number of nitrogens with one attached hydrogen (secondary N) is 1. The number of hydrazone groups is 1. The molecule has 4 heteroatoms. The lowest BCUT2D eigenvalue weighted by molar-refractivity contribution is 0.199. The maximum Gasteiger partial charge on any atom is 0.0565 e. The molecule has 4 nitrogen and oxygen atoms in total. The lowest BCUT2D eigenvalue weighted by Crippen LogP contribution is -2.48. The monoisotopic (exact) mass is 154 g/mol. The third-order valence-electron chi connectivity index (χ3n) is 2.65. The molecule has 3 fully saturated rings. The SMILES string of the molecule is NN/N=C1\CN2CCC1CC2. The molecular weight excluding hydrogens is 140 g/mol. The molecule has 0 amide bonds. The van der Waals surface area contributed by atoms with E-state index in [-0.39, 0.29) is 0 Å². The van der Waals surface area contributed by atoms with Gasteiger partial charge in [-0.15, -0.1) is 0 Å².